The molecule has 0 fully saturated rings. The van der Waals surface area contributed by atoms with Gasteiger partial charge in [-0.3, -0.25) is 0 Å². The van der Waals surface area contributed by atoms with Crippen LogP contribution >= 0.6 is 11.3 Å². The highest BCUT2D eigenvalue weighted by Crippen LogP contribution is 2.17. The molecule has 120 valence electrons. The van der Waals surface area contributed by atoms with E-state index in [1.54, 1.807) is 25.4 Å². The topological polar surface area (TPSA) is 77.5 Å². The van der Waals surface area contributed by atoms with Gasteiger partial charge in [-0.15, -0.1) is 11.3 Å². The van der Waals surface area contributed by atoms with Crippen LogP contribution in [0.15, 0.2) is 35.4 Å². The van der Waals surface area contributed by atoms with Crippen molar-refractivity contribution < 1.29 is 17.9 Å². The van der Waals surface area contributed by atoms with Crippen molar-refractivity contribution in [3.8, 4) is 5.75 Å². The van der Waals surface area contributed by atoms with Crippen molar-refractivity contribution in [1.82, 2.24) is 9.71 Å². The lowest BCUT2D eigenvalue weighted by atomic mass is 10.3. The Bertz CT molecular complexity index is 696. The van der Waals surface area contributed by atoms with Crippen LogP contribution in [0.1, 0.15) is 9.88 Å². The fraction of sp³-hybridized carbons (Fsp3) is 0.357. The number of hydrogen-bond acceptors (Lipinski definition) is 6. The molecule has 0 radical (unpaired) electrons. The van der Waals surface area contributed by atoms with E-state index < -0.39 is 10.0 Å². The molecule has 0 aliphatic carbocycles. The highest BCUT2D eigenvalue weighted by atomic mass is 32.2. The first-order valence-corrected chi connectivity index (χ1v) is 8.94. The molecule has 0 aliphatic heterocycles. The normalized spacial score (nSPS) is 11.5. The van der Waals surface area contributed by atoms with E-state index in [4.69, 9.17) is 9.47 Å². The fourth-order valence-electron chi connectivity index (χ4n) is 1.69. The van der Waals surface area contributed by atoms with Gasteiger partial charge in [0, 0.05) is 24.7 Å². The first-order valence-electron chi connectivity index (χ1n) is 6.64. The van der Waals surface area contributed by atoms with Crippen molar-refractivity contribution in [3.05, 3.63) is 40.3 Å². The fourth-order valence-corrected chi connectivity index (χ4v) is 3.53. The number of sulfonamides is 1. The van der Waals surface area contributed by atoms with Crippen LogP contribution < -0.4 is 9.46 Å². The number of benzene rings is 1. The Labute approximate surface area is 134 Å². The van der Waals surface area contributed by atoms with Gasteiger partial charge >= 0.3 is 0 Å². The molecule has 1 N–H and O–H groups in total. The average Bonchev–Trinajstić information content (AvgIpc) is 2.92. The lowest BCUT2D eigenvalue weighted by Crippen LogP contribution is -2.22. The van der Waals surface area contributed by atoms with Crippen LogP contribution in [-0.4, -0.2) is 33.7 Å². The minimum atomic E-state index is -3.54. The summed E-state index contributed by atoms with van der Waals surface area (Å²) in [7, 11) is -1.95. The molecule has 22 heavy (non-hydrogen) atoms. The third kappa shape index (κ3) is 4.77. The number of aromatic nitrogens is 1. The maximum atomic E-state index is 12.2. The third-order valence-corrected chi connectivity index (χ3v) is 5.13. The van der Waals surface area contributed by atoms with Crippen molar-refractivity contribution in [3.63, 3.8) is 0 Å². The second-order valence-corrected chi connectivity index (χ2v) is 7.57. The minimum absolute atomic E-state index is 0.202. The summed E-state index contributed by atoms with van der Waals surface area (Å²) in [5.41, 5.74) is 0. The number of nitrogens with one attached hydrogen (secondary N) is 1. The van der Waals surface area contributed by atoms with Crippen LogP contribution in [0.2, 0.25) is 0 Å². The number of hydrogen-bond donors (Lipinski definition) is 1. The van der Waals surface area contributed by atoms with Gasteiger partial charge in [0.15, 0.2) is 0 Å². The number of methoxy groups -OCH3 is 1. The number of aryl methyl sites for hydroxylation is 1. The molecule has 1 aromatic heterocycles. The van der Waals surface area contributed by atoms with Gasteiger partial charge in [0.25, 0.3) is 0 Å². The lowest BCUT2D eigenvalue weighted by molar-refractivity contribution is 0.146. The van der Waals surface area contributed by atoms with Crippen LogP contribution in [0, 0.1) is 6.92 Å². The molecule has 0 unspecified atom stereocenters. The molecule has 0 spiro atoms. The molecule has 0 saturated heterocycles. The summed E-state index contributed by atoms with van der Waals surface area (Å²) >= 11 is 1.47. The zero-order valence-electron chi connectivity index (χ0n) is 12.4. The Morgan fingerprint density at radius 1 is 1.23 bits per heavy atom. The van der Waals surface area contributed by atoms with E-state index in [-0.39, 0.29) is 11.4 Å². The maximum Gasteiger partial charge on any atom is 0.240 e. The van der Waals surface area contributed by atoms with Gasteiger partial charge < -0.3 is 9.47 Å². The molecule has 2 rings (SSSR count). The SMILES string of the molecule is COCCOc1ccc(S(=O)(=O)NCc2cnc(C)s2)cc1. The predicted molar refractivity (Wildman–Crippen MR) is 84.7 cm³/mol. The summed E-state index contributed by atoms with van der Waals surface area (Å²) in [6.45, 7) is 3.02. The van der Waals surface area contributed by atoms with Crippen molar-refractivity contribution in [2.24, 2.45) is 0 Å². The van der Waals surface area contributed by atoms with Gasteiger partial charge in [0.2, 0.25) is 10.0 Å². The van der Waals surface area contributed by atoms with Crippen molar-refractivity contribution >= 4 is 21.4 Å². The number of ether oxygens (including phenoxy) is 2. The summed E-state index contributed by atoms with van der Waals surface area (Å²) < 4.78 is 37.2. The number of rotatable bonds is 8. The van der Waals surface area contributed by atoms with Gasteiger partial charge in [-0.2, -0.15) is 0 Å². The summed E-state index contributed by atoms with van der Waals surface area (Å²) in [6, 6.07) is 6.28. The molecular weight excluding hydrogens is 324 g/mol. The van der Waals surface area contributed by atoms with E-state index in [0.717, 1.165) is 9.88 Å². The first kappa shape index (κ1) is 16.9. The second-order valence-electron chi connectivity index (χ2n) is 4.48. The Morgan fingerprint density at radius 3 is 2.55 bits per heavy atom. The smallest absolute Gasteiger partial charge is 0.240 e. The second kappa shape index (κ2) is 7.68. The standard InChI is InChI=1S/C14H18N2O4S2/c1-11-15-9-13(21-11)10-16-22(17,18)14-5-3-12(4-6-14)20-8-7-19-2/h3-6,9,16H,7-8,10H2,1-2H3. The summed E-state index contributed by atoms with van der Waals surface area (Å²) in [6.07, 6.45) is 1.68. The Kier molecular flexibility index (Phi) is 5.90. The van der Waals surface area contributed by atoms with Crippen LogP contribution in [0.3, 0.4) is 0 Å². The molecule has 6 nitrogen and oxygen atoms in total. The maximum absolute atomic E-state index is 12.2. The van der Waals surface area contributed by atoms with E-state index in [1.165, 1.54) is 23.5 Å². The minimum Gasteiger partial charge on any atom is -0.491 e. The zero-order chi connectivity index (χ0) is 16.0. The summed E-state index contributed by atoms with van der Waals surface area (Å²) in [5.74, 6) is 0.606. The molecule has 1 heterocycles. The van der Waals surface area contributed by atoms with Gasteiger partial charge in [-0.05, 0) is 31.2 Å². The number of nitrogens with zero attached hydrogens (tertiary/aromatic N) is 1. The predicted octanol–water partition coefficient (Wildman–Crippen LogP) is 1.96. The highest BCUT2D eigenvalue weighted by molar-refractivity contribution is 7.89. The highest BCUT2D eigenvalue weighted by Gasteiger charge is 2.14. The van der Waals surface area contributed by atoms with Crippen molar-refractivity contribution in [1.29, 1.82) is 0 Å². The van der Waals surface area contributed by atoms with E-state index >= 15 is 0 Å². The number of thiazole rings is 1. The van der Waals surface area contributed by atoms with Crippen molar-refractivity contribution in [2.45, 2.75) is 18.4 Å². The molecule has 1 aromatic carbocycles. The molecule has 0 aliphatic rings. The Morgan fingerprint density at radius 2 is 1.95 bits per heavy atom. The summed E-state index contributed by atoms with van der Waals surface area (Å²) in [4.78, 5) is 5.17. The van der Waals surface area contributed by atoms with Gasteiger partial charge in [-0.1, -0.05) is 0 Å². The van der Waals surface area contributed by atoms with Gasteiger partial charge in [0.05, 0.1) is 16.5 Å². The Balaban J connectivity index is 1.96. The molecule has 0 amide bonds. The third-order valence-electron chi connectivity index (χ3n) is 2.80. The van der Waals surface area contributed by atoms with Gasteiger partial charge in [-0.25, -0.2) is 18.1 Å². The molecule has 0 atom stereocenters. The summed E-state index contributed by atoms with van der Waals surface area (Å²) in [5, 5.41) is 0.909. The quantitative estimate of drug-likeness (QED) is 0.742. The Hall–Kier alpha value is -1.48. The molecule has 2 aromatic rings. The van der Waals surface area contributed by atoms with Crippen LogP contribution in [0.5, 0.6) is 5.75 Å². The van der Waals surface area contributed by atoms with Crippen molar-refractivity contribution in [2.75, 3.05) is 20.3 Å². The van der Waals surface area contributed by atoms with Gasteiger partial charge in [0.1, 0.15) is 12.4 Å². The van der Waals surface area contributed by atoms with Crippen LogP contribution in [-0.2, 0) is 21.3 Å². The molecule has 0 saturated carbocycles. The molecule has 0 bridgehead atoms. The van der Waals surface area contributed by atoms with Crippen LogP contribution in [0.4, 0.5) is 0 Å². The van der Waals surface area contributed by atoms with E-state index in [2.05, 4.69) is 9.71 Å². The first-order chi connectivity index (χ1) is 10.5. The average molecular weight is 342 g/mol. The molecule has 8 heteroatoms. The van der Waals surface area contributed by atoms with E-state index in [9.17, 15) is 8.42 Å². The van der Waals surface area contributed by atoms with Crippen LogP contribution in [0.25, 0.3) is 0 Å². The zero-order valence-corrected chi connectivity index (χ0v) is 14.0. The largest absolute Gasteiger partial charge is 0.491 e. The monoisotopic (exact) mass is 342 g/mol. The molecular formula is C14H18N2O4S2. The van der Waals surface area contributed by atoms with E-state index in [1.807, 2.05) is 6.92 Å². The van der Waals surface area contributed by atoms with E-state index in [0.29, 0.717) is 19.0 Å². The lowest BCUT2D eigenvalue weighted by Gasteiger charge is -2.08.